The van der Waals surface area contributed by atoms with Gasteiger partial charge in [-0.3, -0.25) is 4.98 Å². The Balaban J connectivity index is 2.02. The molecule has 0 radical (unpaired) electrons. The van der Waals surface area contributed by atoms with Gasteiger partial charge >= 0.3 is 0 Å². The lowest BCUT2D eigenvalue weighted by atomic mass is 10.1. The van der Waals surface area contributed by atoms with Gasteiger partial charge in [-0.05, 0) is 37.6 Å². The van der Waals surface area contributed by atoms with Crippen molar-refractivity contribution in [2.45, 2.75) is 13.8 Å². The second-order valence-corrected chi connectivity index (χ2v) is 4.47. The molecule has 94 valence electrons. The molecule has 0 amide bonds. The van der Waals surface area contributed by atoms with Gasteiger partial charge in [0, 0.05) is 18.0 Å². The molecule has 0 N–H and O–H groups in total. The molecular formula is C15H13N3O. The molecule has 0 saturated carbocycles. The number of nitrogens with zero attached hydrogens (tertiary/aromatic N) is 3. The summed E-state index contributed by atoms with van der Waals surface area (Å²) in [6.45, 7) is 4.10. The first-order valence-electron chi connectivity index (χ1n) is 6.05. The summed E-state index contributed by atoms with van der Waals surface area (Å²) in [5.41, 5.74) is 4.13. The first-order valence-corrected chi connectivity index (χ1v) is 6.05. The van der Waals surface area contributed by atoms with Gasteiger partial charge in [-0.25, -0.2) is 0 Å². The quantitative estimate of drug-likeness (QED) is 0.700. The van der Waals surface area contributed by atoms with Crippen molar-refractivity contribution in [2.75, 3.05) is 0 Å². The summed E-state index contributed by atoms with van der Waals surface area (Å²) in [5, 5.41) is 8.18. The summed E-state index contributed by atoms with van der Waals surface area (Å²) >= 11 is 0. The Morgan fingerprint density at radius 1 is 1.00 bits per heavy atom. The lowest BCUT2D eigenvalue weighted by Gasteiger charge is -2.01. The molecule has 2 heterocycles. The van der Waals surface area contributed by atoms with Gasteiger partial charge in [-0.2, -0.15) is 0 Å². The largest absolute Gasteiger partial charge is 0.416 e. The minimum Gasteiger partial charge on any atom is -0.416 e. The fraction of sp³-hybridized carbons (Fsp3) is 0.133. The Bertz CT molecular complexity index is 704. The van der Waals surface area contributed by atoms with Crippen LogP contribution in [-0.4, -0.2) is 15.2 Å². The highest BCUT2D eigenvalue weighted by Crippen LogP contribution is 2.26. The fourth-order valence-corrected chi connectivity index (χ4v) is 1.99. The number of hydrogen-bond acceptors (Lipinski definition) is 4. The lowest BCUT2D eigenvalue weighted by Crippen LogP contribution is -1.84. The molecule has 2 aromatic heterocycles. The molecule has 0 fully saturated rings. The highest BCUT2D eigenvalue weighted by Gasteiger charge is 2.12. The first-order chi connectivity index (χ1) is 9.24. The molecule has 4 heteroatoms. The van der Waals surface area contributed by atoms with E-state index >= 15 is 0 Å². The molecule has 0 aliphatic rings. The highest BCUT2D eigenvalue weighted by atomic mass is 16.4. The van der Waals surface area contributed by atoms with Gasteiger partial charge < -0.3 is 4.42 Å². The van der Waals surface area contributed by atoms with Crippen LogP contribution in [0.4, 0.5) is 0 Å². The molecular weight excluding hydrogens is 238 g/mol. The van der Waals surface area contributed by atoms with Crippen LogP contribution in [0.2, 0.25) is 0 Å². The lowest BCUT2D eigenvalue weighted by molar-refractivity contribution is 0.584. The maximum absolute atomic E-state index is 5.71. The SMILES string of the molecule is Cc1ccc(-c2nnc(-c3cccnc3)o2)c(C)c1. The van der Waals surface area contributed by atoms with Gasteiger partial charge in [0.2, 0.25) is 11.8 Å². The number of rotatable bonds is 2. The Labute approximate surface area is 111 Å². The van der Waals surface area contributed by atoms with E-state index < -0.39 is 0 Å². The summed E-state index contributed by atoms with van der Waals surface area (Å²) < 4.78 is 5.71. The number of hydrogen-bond donors (Lipinski definition) is 0. The molecule has 0 spiro atoms. The van der Waals surface area contributed by atoms with Crippen molar-refractivity contribution in [3.8, 4) is 22.9 Å². The third kappa shape index (κ3) is 2.25. The van der Waals surface area contributed by atoms with Crippen molar-refractivity contribution in [3.63, 3.8) is 0 Å². The van der Waals surface area contributed by atoms with Gasteiger partial charge in [-0.15, -0.1) is 10.2 Å². The minimum atomic E-state index is 0.489. The van der Waals surface area contributed by atoms with E-state index in [0.29, 0.717) is 11.8 Å². The second-order valence-electron chi connectivity index (χ2n) is 4.47. The molecule has 4 nitrogen and oxygen atoms in total. The van der Waals surface area contributed by atoms with Gasteiger partial charge in [0.1, 0.15) is 0 Å². The van der Waals surface area contributed by atoms with E-state index in [4.69, 9.17) is 4.42 Å². The zero-order valence-electron chi connectivity index (χ0n) is 10.8. The van der Waals surface area contributed by atoms with Crippen LogP contribution in [0.25, 0.3) is 22.9 Å². The Morgan fingerprint density at radius 3 is 2.58 bits per heavy atom. The summed E-state index contributed by atoms with van der Waals surface area (Å²) in [5.74, 6) is 1.03. The van der Waals surface area contributed by atoms with Crippen molar-refractivity contribution >= 4 is 0 Å². The second kappa shape index (κ2) is 4.65. The molecule has 0 aliphatic carbocycles. The molecule has 3 aromatic rings. The van der Waals surface area contributed by atoms with E-state index in [-0.39, 0.29) is 0 Å². The van der Waals surface area contributed by atoms with Crippen molar-refractivity contribution in [3.05, 3.63) is 53.9 Å². The van der Waals surface area contributed by atoms with Gasteiger partial charge in [0.15, 0.2) is 0 Å². The third-order valence-corrected chi connectivity index (χ3v) is 2.95. The molecule has 3 rings (SSSR count). The van der Waals surface area contributed by atoms with Crippen LogP contribution in [0.5, 0.6) is 0 Å². The number of aryl methyl sites for hydroxylation is 2. The number of benzene rings is 1. The summed E-state index contributed by atoms with van der Waals surface area (Å²) in [6, 6.07) is 9.88. The molecule has 0 unspecified atom stereocenters. The van der Waals surface area contributed by atoms with Gasteiger partial charge in [0.05, 0.1) is 5.56 Å². The first kappa shape index (κ1) is 11.6. The maximum Gasteiger partial charge on any atom is 0.249 e. The standard InChI is InChI=1S/C15H13N3O/c1-10-5-6-13(11(2)8-10)15-18-17-14(19-15)12-4-3-7-16-9-12/h3-9H,1-2H3. The van der Waals surface area contributed by atoms with Crippen LogP contribution in [0.3, 0.4) is 0 Å². The van der Waals surface area contributed by atoms with Crippen LogP contribution in [0, 0.1) is 13.8 Å². The predicted octanol–water partition coefficient (Wildman–Crippen LogP) is 3.42. The van der Waals surface area contributed by atoms with Crippen LogP contribution in [0.15, 0.2) is 47.1 Å². The van der Waals surface area contributed by atoms with Gasteiger partial charge in [0.25, 0.3) is 0 Å². The summed E-state index contributed by atoms with van der Waals surface area (Å²) in [7, 11) is 0. The van der Waals surface area contributed by atoms with Crippen molar-refractivity contribution < 1.29 is 4.42 Å². The van der Waals surface area contributed by atoms with Crippen molar-refractivity contribution in [1.82, 2.24) is 15.2 Å². The van der Waals surface area contributed by atoms with Crippen molar-refractivity contribution in [1.29, 1.82) is 0 Å². The topological polar surface area (TPSA) is 51.8 Å². The normalized spacial score (nSPS) is 10.6. The average molecular weight is 251 g/mol. The van der Waals surface area contributed by atoms with Crippen LogP contribution < -0.4 is 0 Å². The minimum absolute atomic E-state index is 0.489. The molecule has 19 heavy (non-hydrogen) atoms. The van der Waals surface area contributed by atoms with E-state index in [1.807, 2.05) is 31.2 Å². The zero-order chi connectivity index (χ0) is 13.2. The molecule has 0 saturated heterocycles. The van der Waals surface area contributed by atoms with Gasteiger partial charge in [-0.1, -0.05) is 17.7 Å². The number of aromatic nitrogens is 3. The van der Waals surface area contributed by atoms with Crippen LogP contribution in [-0.2, 0) is 0 Å². The maximum atomic E-state index is 5.71. The Kier molecular flexibility index (Phi) is 2.83. The monoisotopic (exact) mass is 251 g/mol. The molecule has 0 atom stereocenters. The number of pyridine rings is 1. The Morgan fingerprint density at radius 2 is 1.84 bits per heavy atom. The van der Waals surface area contributed by atoms with Crippen molar-refractivity contribution in [2.24, 2.45) is 0 Å². The average Bonchev–Trinajstić information content (AvgIpc) is 2.89. The third-order valence-electron chi connectivity index (χ3n) is 2.95. The van der Waals surface area contributed by atoms with E-state index in [1.165, 1.54) is 5.56 Å². The predicted molar refractivity (Wildman–Crippen MR) is 72.4 cm³/mol. The molecule has 1 aromatic carbocycles. The zero-order valence-corrected chi connectivity index (χ0v) is 10.8. The van der Waals surface area contributed by atoms with E-state index in [0.717, 1.165) is 16.7 Å². The van der Waals surface area contributed by atoms with E-state index in [2.05, 4.69) is 28.2 Å². The molecule has 0 bridgehead atoms. The van der Waals surface area contributed by atoms with E-state index in [9.17, 15) is 0 Å². The van der Waals surface area contributed by atoms with E-state index in [1.54, 1.807) is 12.4 Å². The van der Waals surface area contributed by atoms with Crippen LogP contribution in [0.1, 0.15) is 11.1 Å². The summed E-state index contributed by atoms with van der Waals surface area (Å²) in [6.07, 6.45) is 3.42. The smallest absolute Gasteiger partial charge is 0.249 e. The fourth-order valence-electron chi connectivity index (χ4n) is 1.99. The Hall–Kier alpha value is -2.49. The summed E-state index contributed by atoms with van der Waals surface area (Å²) in [4.78, 5) is 4.04. The molecule has 0 aliphatic heterocycles. The highest BCUT2D eigenvalue weighted by molar-refractivity contribution is 5.61. The van der Waals surface area contributed by atoms with Crippen LogP contribution >= 0.6 is 0 Å².